The Morgan fingerprint density at radius 3 is 2.52 bits per heavy atom. The summed E-state index contributed by atoms with van der Waals surface area (Å²) in [6.07, 6.45) is 1.05. The molecule has 1 unspecified atom stereocenters. The molecule has 0 spiro atoms. The molecule has 0 radical (unpaired) electrons. The number of carbonyl (C=O) groups excluding carboxylic acids is 1. The minimum absolute atomic E-state index is 0.0616. The summed E-state index contributed by atoms with van der Waals surface area (Å²) in [5, 5.41) is 3.00. The van der Waals surface area contributed by atoms with Gasteiger partial charge >= 0.3 is 0 Å². The second-order valence-electron chi connectivity index (χ2n) is 5.01. The number of nitrogens with one attached hydrogen (secondary N) is 1. The highest BCUT2D eigenvalue weighted by molar-refractivity contribution is 6.31. The van der Waals surface area contributed by atoms with Gasteiger partial charge in [-0.1, -0.05) is 37.6 Å². The van der Waals surface area contributed by atoms with Crippen LogP contribution in [0.1, 0.15) is 42.1 Å². The molecule has 21 heavy (non-hydrogen) atoms. The first-order valence-corrected chi connectivity index (χ1v) is 7.25. The maximum absolute atomic E-state index is 13.6. The standard InChI is InChI=1S/C17H17ClFNO/c1-3-11(2)12-4-7-14(8-5-12)20-17(21)15-10-13(18)6-9-16(15)19/h4-11H,3H2,1-2H3,(H,20,21). The Bertz CT molecular complexity index is 640. The van der Waals surface area contributed by atoms with Gasteiger partial charge in [-0.2, -0.15) is 0 Å². The summed E-state index contributed by atoms with van der Waals surface area (Å²) in [4.78, 5) is 12.1. The molecular formula is C17H17ClFNO. The van der Waals surface area contributed by atoms with E-state index >= 15 is 0 Å². The van der Waals surface area contributed by atoms with Crippen molar-refractivity contribution in [3.63, 3.8) is 0 Å². The summed E-state index contributed by atoms with van der Waals surface area (Å²) in [6.45, 7) is 4.28. The van der Waals surface area contributed by atoms with Gasteiger partial charge in [0.15, 0.2) is 0 Å². The van der Waals surface area contributed by atoms with Gasteiger partial charge in [0, 0.05) is 10.7 Å². The molecule has 2 nitrogen and oxygen atoms in total. The van der Waals surface area contributed by atoms with E-state index in [0.29, 0.717) is 16.6 Å². The summed E-state index contributed by atoms with van der Waals surface area (Å²) in [5.74, 6) is -0.625. The van der Waals surface area contributed by atoms with Crippen molar-refractivity contribution < 1.29 is 9.18 Å². The third-order valence-electron chi connectivity index (χ3n) is 3.52. The van der Waals surface area contributed by atoms with Crippen LogP contribution in [0.3, 0.4) is 0 Å². The van der Waals surface area contributed by atoms with Crippen molar-refractivity contribution in [3.05, 3.63) is 64.4 Å². The molecule has 0 aliphatic heterocycles. The van der Waals surface area contributed by atoms with Crippen molar-refractivity contribution in [2.45, 2.75) is 26.2 Å². The number of carbonyl (C=O) groups is 1. The van der Waals surface area contributed by atoms with E-state index in [4.69, 9.17) is 11.6 Å². The van der Waals surface area contributed by atoms with Crippen LogP contribution in [0, 0.1) is 5.82 Å². The molecule has 0 saturated heterocycles. The molecule has 0 saturated carbocycles. The Hall–Kier alpha value is -1.87. The number of hydrogen-bond acceptors (Lipinski definition) is 1. The van der Waals surface area contributed by atoms with Gasteiger partial charge in [0.1, 0.15) is 5.82 Å². The molecule has 1 atom stereocenters. The molecule has 1 N–H and O–H groups in total. The highest BCUT2D eigenvalue weighted by Gasteiger charge is 2.12. The van der Waals surface area contributed by atoms with Gasteiger partial charge in [-0.15, -0.1) is 0 Å². The zero-order chi connectivity index (χ0) is 15.4. The molecule has 2 aromatic rings. The van der Waals surface area contributed by atoms with Gasteiger partial charge in [0.25, 0.3) is 5.91 Å². The molecule has 110 valence electrons. The van der Waals surface area contributed by atoms with E-state index in [1.165, 1.54) is 23.8 Å². The van der Waals surface area contributed by atoms with Crippen LogP contribution >= 0.6 is 11.6 Å². The summed E-state index contributed by atoms with van der Waals surface area (Å²) >= 11 is 5.79. The van der Waals surface area contributed by atoms with E-state index in [2.05, 4.69) is 19.2 Å². The average Bonchev–Trinajstić information content (AvgIpc) is 2.49. The third kappa shape index (κ3) is 3.82. The first-order chi connectivity index (χ1) is 10.0. The highest BCUT2D eigenvalue weighted by Crippen LogP contribution is 2.21. The van der Waals surface area contributed by atoms with Crippen LogP contribution in [0.5, 0.6) is 0 Å². The van der Waals surface area contributed by atoms with Gasteiger partial charge in [-0.3, -0.25) is 4.79 Å². The quantitative estimate of drug-likeness (QED) is 0.821. The fraction of sp³-hybridized carbons (Fsp3) is 0.235. The molecular weight excluding hydrogens is 289 g/mol. The molecule has 0 aliphatic rings. The maximum atomic E-state index is 13.6. The van der Waals surface area contributed by atoms with E-state index in [1.54, 1.807) is 0 Å². The van der Waals surface area contributed by atoms with E-state index in [-0.39, 0.29) is 5.56 Å². The van der Waals surface area contributed by atoms with Gasteiger partial charge in [-0.05, 0) is 48.2 Å². The molecule has 0 fully saturated rings. The van der Waals surface area contributed by atoms with Gasteiger partial charge in [0.05, 0.1) is 5.56 Å². The zero-order valence-corrected chi connectivity index (χ0v) is 12.7. The van der Waals surface area contributed by atoms with Crippen molar-refractivity contribution >= 4 is 23.2 Å². The lowest BCUT2D eigenvalue weighted by atomic mass is 9.98. The molecule has 1 amide bonds. The Balaban J connectivity index is 2.14. The van der Waals surface area contributed by atoms with Crippen LogP contribution in [-0.2, 0) is 0 Å². The van der Waals surface area contributed by atoms with Crippen LogP contribution in [-0.4, -0.2) is 5.91 Å². The number of hydrogen-bond donors (Lipinski definition) is 1. The SMILES string of the molecule is CCC(C)c1ccc(NC(=O)c2cc(Cl)ccc2F)cc1. The smallest absolute Gasteiger partial charge is 0.258 e. The number of rotatable bonds is 4. The van der Waals surface area contributed by atoms with Gasteiger partial charge in [0.2, 0.25) is 0 Å². The van der Waals surface area contributed by atoms with Crippen molar-refractivity contribution in [1.29, 1.82) is 0 Å². The Kier molecular flexibility index (Phi) is 4.97. The van der Waals surface area contributed by atoms with Crippen LogP contribution < -0.4 is 5.32 Å². The van der Waals surface area contributed by atoms with Crippen LogP contribution in [0.4, 0.5) is 10.1 Å². The number of halogens is 2. The van der Waals surface area contributed by atoms with Crippen LogP contribution in [0.15, 0.2) is 42.5 Å². The van der Waals surface area contributed by atoms with Crippen molar-refractivity contribution in [2.75, 3.05) is 5.32 Å². The molecule has 0 bridgehead atoms. The molecule has 2 aromatic carbocycles. The lowest BCUT2D eigenvalue weighted by Crippen LogP contribution is -2.13. The predicted molar refractivity (Wildman–Crippen MR) is 84.5 cm³/mol. The first kappa shape index (κ1) is 15.5. The normalized spacial score (nSPS) is 12.0. The van der Waals surface area contributed by atoms with Crippen molar-refractivity contribution in [3.8, 4) is 0 Å². The highest BCUT2D eigenvalue weighted by atomic mass is 35.5. The minimum Gasteiger partial charge on any atom is -0.322 e. The summed E-state index contributed by atoms with van der Waals surface area (Å²) in [6, 6.07) is 11.5. The molecule has 0 aromatic heterocycles. The summed E-state index contributed by atoms with van der Waals surface area (Å²) in [7, 11) is 0. The van der Waals surface area contributed by atoms with Gasteiger partial charge < -0.3 is 5.32 Å². The fourth-order valence-corrected chi connectivity index (χ4v) is 2.17. The zero-order valence-electron chi connectivity index (χ0n) is 12.0. The lowest BCUT2D eigenvalue weighted by Gasteiger charge is -2.11. The number of benzene rings is 2. The molecule has 2 rings (SSSR count). The fourth-order valence-electron chi connectivity index (χ4n) is 2.00. The van der Waals surface area contributed by atoms with Crippen molar-refractivity contribution in [2.24, 2.45) is 0 Å². The van der Waals surface area contributed by atoms with Gasteiger partial charge in [-0.25, -0.2) is 4.39 Å². The third-order valence-corrected chi connectivity index (χ3v) is 3.76. The lowest BCUT2D eigenvalue weighted by molar-refractivity contribution is 0.102. The molecule has 4 heteroatoms. The van der Waals surface area contributed by atoms with Crippen LogP contribution in [0.2, 0.25) is 5.02 Å². The molecule has 0 aliphatic carbocycles. The van der Waals surface area contributed by atoms with E-state index in [0.717, 1.165) is 6.42 Å². The largest absolute Gasteiger partial charge is 0.322 e. The van der Waals surface area contributed by atoms with Crippen LogP contribution in [0.25, 0.3) is 0 Å². The number of amides is 1. The number of anilines is 1. The maximum Gasteiger partial charge on any atom is 0.258 e. The average molecular weight is 306 g/mol. The topological polar surface area (TPSA) is 29.1 Å². The predicted octanol–water partition coefficient (Wildman–Crippen LogP) is 5.24. The summed E-state index contributed by atoms with van der Waals surface area (Å²) < 4.78 is 13.6. The van der Waals surface area contributed by atoms with E-state index in [1.807, 2.05) is 24.3 Å². The minimum atomic E-state index is -0.590. The first-order valence-electron chi connectivity index (χ1n) is 6.87. The van der Waals surface area contributed by atoms with E-state index < -0.39 is 11.7 Å². The van der Waals surface area contributed by atoms with Crippen molar-refractivity contribution in [1.82, 2.24) is 0 Å². The second-order valence-corrected chi connectivity index (χ2v) is 5.45. The molecule has 0 heterocycles. The Labute approximate surface area is 128 Å². The second kappa shape index (κ2) is 6.72. The van der Waals surface area contributed by atoms with E-state index in [9.17, 15) is 9.18 Å². The summed E-state index contributed by atoms with van der Waals surface area (Å²) in [5.41, 5.74) is 1.78. The monoisotopic (exact) mass is 305 g/mol. The Morgan fingerprint density at radius 1 is 1.24 bits per heavy atom. The Morgan fingerprint density at radius 2 is 1.90 bits per heavy atom.